The molecule has 0 aliphatic carbocycles. The van der Waals surface area contributed by atoms with Crippen LogP contribution in [-0.2, 0) is 10.0 Å². The zero-order valence-corrected chi connectivity index (χ0v) is 17.1. The summed E-state index contributed by atoms with van der Waals surface area (Å²) in [7, 11) is -3.90. The number of para-hydroxylation sites is 1. The molecule has 28 heavy (non-hydrogen) atoms. The molecule has 146 valence electrons. The Balaban J connectivity index is 1.79. The number of hydrogen-bond acceptors (Lipinski definition) is 5. The van der Waals surface area contributed by atoms with E-state index >= 15 is 0 Å². The Labute approximate surface area is 169 Å². The fraction of sp³-hybridized carbons (Fsp3) is 0.400. The van der Waals surface area contributed by atoms with Gasteiger partial charge >= 0.3 is 0 Å². The van der Waals surface area contributed by atoms with Crippen molar-refractivity contribution in [3.63, 3.8) is 0 Å². The molecule has 6 nitrogen and oxygen atoms in total. The number of nitrogens with zero attached hydrogens (tertiary/aromatic N) is 4. The van der Waals surface area contributed by atoms with Crippen LogP contribution >= 0.6 is 11.6 Å². The third-order valence-corrected chi connectivity index (χ3v) is 8.69. The monoisotopic (exact) mass is 416 g/mol. The molecular formula is C20H21ClN4O2S. The van der Waals surface area contributed by atoms with Gasteiger partial charge in [0.15, 0.2) is 0 Å². The van der Waals surface area contributed by atoms with Gasteiger partial charge in [-0.15, -0.1) is 16.7 Å². The van der Waals surface area contributed by atoms with Crippen molar-refractivity contribution < 1.29 is 8.42 Å². The molecule has 3 aliphatic rings. The number of hydrogen-bond donors (Lipinski definition) is 0. The maximum absolute atomic E-state index is 13.9. The Morgan fingerprint density at radius 2 is 1.79 bits per heavy atom. The van der Waals surface area contributed by atoms with Gasteiger partial charge in [-0.05, 0) is 49.9 Å². The molecule has 0 bridgehead atoms. The summed E-state index contributed by atoms with van der Waals surface area (Å²) in [5.41, 5.74) is -0.471. The largest absolute Gasteiger partial charge is 0.268 e. The van der Waals surface area contributed by atoms with Gasteiger partial charge in [-0.2, -0.15) is 0 Å². The van der Waals surface area contributed by atoms with Crippen LogP contribution in [0.4, 0.5) is 5.69 Å². The summed E-state index contributed by atoms with van der Waals surface area (Å²) in [5, 5.41) is 10.4. The lowest BCUT2D eigenvalue weighted by molar-refractivity contribution is 0.0435. The highest BCUT2D eigenvalue weighted by Crippen LogP contribution is 2.62. The van der Waals surface area contributed by atoms with E-state index in [1.165, 1.54) is 4.31 Å². The first-order valence-corrected chi connectivity index (χ1v) is 11.3. The number of benzene rings is 2. The summed E-state index contributed by atoms with van der Waals surface area (Å²) in [6, 6.07) is 15.9. The molecule has 1 fully saturated rings. The van der Waals surface area contributed by atoms with E-state index in [9.17, 15) is 8.42 Å². The first-order valence-electron chi connectivity index (χ1n) is 9.47. The van der Waals surface area contributed by atoms with E-state index in [0.29, 0.717) is 5.69 Å². The van der Waals surface area contributed by atoms with E-state index in [4.69, 9.17) is 11.6 Å². The van der Waals surface area contributed by atoms with Crippen molar-refractivity contribution >= 4 is 27.3 Å². The Morgan fingerprint density at radius 1 is 1.07 bits per heavy atom. The molecule has 2 aromatic rings. The molecule has 8 heteroatoms. The standard InChI is InChI=1S/C20H21ClN4O2S/c1-19-13-7-8-14-24(19)23-22-20(19)18(21)16-11-5-6-12-17(16)25(20)28(26,27)15-9-3-2-4-10-15/h2-6,9-12,18H,7-8,13-14H2,1H3/t18?,19-,20-/m1/s1. The zero-order valence-electron chi connectivity index (χ0n) is 15.5. The fourth-order valence-corrected chi connectivity index (χ4v) is 7.30. The predicted octanol–water partition coefficient (Wildman–Crippen LogP) is 4.50. The Kier molecular flexibility index (Phi) is 3.81. The SMILES string of the molecule is C[C@]12CCCCN1N=N[C@@]21C(Cl)c2ccccc2N1S(=O)(=O)c1ccccc1. The first-order chi connectivity index (χ1) is 13.4. The molecule has 0 saturated carbocycles. The molecule has 0 amide bonds. The van der Waals surface area contributed by atoms with Crippen LogP contribution in [0.3, 0.4) is 0 Å². The van der Waals surface area contributed by atoms with Gasteiger partial charge in [0.25, 0.3) is 10.0 Å². The highest BCUT2D eigenvalue weighted by atomic mass is 35.5. The molecule has 1 saturated heterocycles. The molecule has 2 aromatic carbocycles. The van der Waals surface area contributed by atoms with Crippen molar-refractivity contribution in [1.82, 2.24) is 5.01 Å². The maximum Gasteiger partial charge on any atom is 0.266 e. The second kappa shape index (κ2) is 5.94. The number of fused-ring (bicyclic) bond motifs is 3. The fourth-order valence-electron chi connectivity index (χ4n) is 4.84. The van der Waals surface area contributed by atoms with Crippen molar-refractivity contribution in [2.75, 3.05) is 10.8 Å². The molecule has 0 radical (unpaired) electrons. The summed E-state index contributed by atoms with van der Waals surface area (Å²) >= 11 is 7.02. The molecule has 1 unspecified atom stereocenters. The zero-order chi connectivity index (χ0) is 19.6. The van der Waals surface area contributed by atoms with Crippen LogP contribution in [0.25, 0.3) is 0 Å². The lowest BCUT2D eigenvalue weighted by Gasteiger charge is -2.49. The second-order valence-electron chi connectivity index (χ2n) is 7.77. The van der Waals surface area contributed by atoms with E-state index in [1.54, 1.807) is 30.3 Å². The van der Waals surface area contributed by atoms with Gasteiger partial charge in [-0.25, -0.2) is 12.7 Å². The Morgan fingerprint density at radius 3 is 2.57 bits per heavy atom. The average Bonchev–Trinajstić information content (AvgIpc) is 3.16. The van der Waals surface area contributed by atoms with E-state index in [0.717, 1.165) is 31.4 Å². The van der Waals surface area contributed by atoms with Crippen molar-refractivity contribution in [2.24, 2.45) is 10.3 Å². The molecule has 1 spiro atoms. The van der Waals surface area contributed by atoms with E-state index in [1.807, 2.05) is 36.2 Å². The van der Waals surface area contributed by atoms with Gasteiger partial charge in [-0.1, -0.05) is 41.6 Å². The molecule has 0 aromatic heterocycles. The Bertz CT molecular complexity index is 1060. The van der Waals surface area contributed by atoms with Crippen molar-refractivity contribution in [3.8, 4) is 0 Å². The summed E-state index contributed by atoms with van der Waals surface area (Å²) < 4.78 is 29.2. The van der Waals surface area contributed by atoms with Gasteiger partial charge in [0, 0.05) is 6.54 Å². The normalized spacial score (nSPS) is 31.3. The third kappa shape index (κ3) is 2.06. The van der Waals surface area contributed by atoms with Gasteiger partial charge < -0.3 is 0 Å². The number of halogens is 1. The smallest absolute Gasteiger partial charge is 0.266 e. The number of piperidine rings is 1. The molecule has 5 rings (SSSR count). The van der Waals surface area contributed by atoms with Crippen LogP contribution in [0.2, 0.25) is 0 Å². The topological polar surface area (TPSA) is 65.3 Å². The van der Waals surface area contributed by atoms with Crippen LogP contribution in [0.15, 0.2) is 69.8 Å². The summed E-state index contributed by atoms with van der Waals surface area (Å²) in [4.78, 5) is 0.225. The second-order valence-corrected chi connectivity index (χ2v) is 10.00. The van der Waals surface area contributed by atoms with Crippen molar-refractivity contribution in [2.45, 2.75) is 47.7 Å². The summed E-state index contributed by atoms with van der Waals surface area (Å²) in [6.07, 6.45) is 2.77. The lowest BCUT2D eigenvalue weighted by atomic mass is 9.77. The molecular weight excluding hydrogens is 396 g/mol. The van der Waals surface area contributed by atoms with E-state index in [2.05, 4.69) is 10.3 Å². The third-order valence-electron chi connectivity index (χ3n) is 6.32. The van der Waals surface area contributed by atoms with Crippen molar-refractivity contribution in [1.29, 1.82) is 0 Å². The molecule has 3 heterocycles. The van der Waals surface area contributed by atoms with Gasteiger partial charge in [0.05, 0.1) is 10.6 Å². The van der Waals surface area contributed by atoms with Crippen LogP contribution < -0.4 is 4.31 Å². The minimum atomic E-state index is -3.90. The summed E-state index contributed by atoms with van der Waals surface area (Å²) in [5.74, 6) is 0. The molecule has 3 atom stereocenters. The minimum absolute atomic E-state index is 0.225. The number of anilines is 1. The average molecular weight is 417 g/mol. The van der Waals surface area contributed by atoms with Gasteiger partial charge in [0.1, 0.15) is 10.9 Å². The number of rotatable bonds is 2. The molecule has 3 aliphatic heterocycles. The number of sulfonamides is 1. The van der Waals surface area contributed by atoms with Crippen LogP contribution in [0.1, 0.15) is 37.1 Å². The van der Waals surface area contributed by atoms with Crippen LogP contribution in [-0.4, -0.2) is 31.2 Å². The predicted molar refractivity (Wildman–Crippen MR) is 108 cm³/mol. The quantitative estimate of drug-likeness (QED) is 0.677. The summed E-state index contributed by atoms with van der Waals surface area (Å²) in [6.45, 7) is 2.79. The first kappa shape index (κ1) is 17.9. The van der Waals surface area contributed by atoms with Gasteiger partial charge in [-0.3, -0.25) is 5.01 Å². The Hall–Kier alpha value is -2.12. The van der Waals surface area contributed by atoms with Crippen molar-refractivity contribution in [3.05, 3.63) is 60.2 Å². The van der Waals surface area contributed by atoms with E-state index in [-0.39, 0.29) is 4.90 Å². The maximum atomic E-state index is 13.9. The van der Waals surface area contributed by atoms with Crippen LogP contribution in [0, 0.1) is 0 Å². The minimum Gasteiger partial charge on any atom is -0.268 e. The molecule has 0 N–H and O–H groups in total. The highest BCUT2D eigenvalue weighted by Gasteiger charge is 2.70. The number of alkyl halides is 1. The highest BCUT2D eigenvalue weighted by molar-refractivity contribution is 7.93. The lowest BCUT2D eigenvalue weighted by Crippen LogP contribution is -2.66. The van der Waals surface area contributed by atoms with Gasteiger partial charge in [0.2, 0.25) is 5.66 Å². The van der Waals surface area contributed by atoms with Crippen LogP contribution in [0.5, 0.6) is 0 Å². The van der Waals surface area contributed by atoms with E-state index < -0.39 is 26.6 Å².